The first-order valence-corrected chi connectivity index (χ1v) is 6.96. The number of nitrogens with zero attached hydrogens (tertiary/aromatic N) is 3. The van der Waals surface area contributed by atoms with Gasteiger partial charge in [-0.15, -0.1) is 11.3 Å². The van der Waals surface area contributed by atoms with Crippen LogP contribution in [0.4, 0.5) is 5.82 Å². The lowest BCUT2D eigenvalue weighted by Crippen LogP contribution is -2.02. The van der Waals surface area contributed by atoms with Gasteiger partial charge in [0.2, 0.25) is 0 Å². The molecule has 0 atom stereocenters. The molecule has 0 saturated carbocycles. The number of aromatic nitrogens is 3. The Kier molecular flexibility index (Phi) is 3.13. The van der Waals surface area contributed by atoms with E-state index in [0.717, 1.165) is 33.8 Å². The van der Waals surface area contributed by atoms with Gasteiger partial charge in [0, 0.05) is 18.4 Å². The standard InChI is InChI=1S/C14H14N4S/c1-9-7-19-13-12(9)17-8-18-14(13)16-6-11-4-3-10(2)15-5-11/h3-5,7-8H,6H2,1-2H3,(H,16,17,18). The molecule has 3 heterocycles. The predicted molar refractivity (Wildman–Crippen MR) is 78.5 cm³/mol. The van der Waals surface area contributed by atoms with Crippen molar-refractivity contribution in [2.45, 2.75) is 20.4 Å². The summed E-state index contributed by atoms with van der Waals surface area (Å²) < 4.78 is 1.11. The molecule has 0 unspecified atom stereocenters. The third-order valence-corrected chi connectivity index (χ3v) is 4.06. The predicted octanol–water partition coefficient (Wildman–Crippen LogP) is 3.32. The molecule has 0 aromatic carbocycles. The van der Waals surface area contributed by atoms with Gasteiger partial charge < -0.3 is 5.32 Å². The van der Waals surface area contributed by atoms with Crippen LogP contribution in [-0.4, -0.2) is 15.0 Å². The Balaban J connectivity index is 1.83. The summed E-state index contributed by atoms with van der Waals surface area (Å²) in [5, 5.41) is 5.47. The highest BCUT2D eigenvalue weighted by atomic mass is 32.1. The van der Waals surface area contributed by atoms with Gasteiger partial charge in [0.25, 0.3) is 0 Å². The van der Waals surface area contributed by atoms with Gasteiger partial charge in [0.15, 0.2) is 0 Å². The van der Waals surface area contributed by atoms with Gasteiger partial charge in [-0.25, -0.2) is 9.97 Å². The van der Waals surface area contributed by atoms with E-state index in [9.17, 15) is 0 Å². The average molecular weight is 270 g/mol. The molecule has 0 radical (unpaired) electrons. The lowest BCUT2D eigenvalue weighted by molar-refractivity contribution is 1.07. The molecule has 0 aliphatic carbocycles. The number of anilines is 1. The van der Waals surface area contributed by atoms with Crippen molar-refractivity contribution >= 4 is 27.4 Å². The van der Waals surface area contributed by atoms with Gasteiger partial charge in [-0.1, -0.05) is 6.07 Å². The van der Waals surface area contributed by atoms with E-state index < -0.39 is 0 Å². The Hall–Kier alpha value is -2.01. The number of fused-ring (bicyclic) bond motifs is 1. The first kappa shape index (κ1) is 12.0. The molecule has 5 heteroatoms. The van der Waals surface area contributed by atoms with Crippen LogP contribution in [0.3, 0.4) is 0 Å². The normalized spacial score (nSPS) is 10.8. The molecular weight excluding hydrogens is 256 g/mol. The van der Waals surface area contributed by atoms with E-state index in [1.54, 1.807) is 17.7 Å². The Morgan fingerprint density at radius 3 is 2.84 bits per heavy atom. The van der Waals surface area contributed by atoms with Gasteiger partial charge in [-0.3, -0.25) is 4.98 Å². The Bertz CT molecular complexity index is 703. The van der Waals surface area contributed by atoms with Crippen molar-refractivity contribution in [1.29, 1.82) is 0 Å². The highest BCUT2D eigenvalue weighted by Crippen LogP contribution is 2.28. The Morgan fingerprint density at radius 1 is 1.16 bits per heavy atom. The third-order valence-electron chi connectivity index (χ3n) is 2.96. The smallest absolute Gasteiger partial charge is 0.147 e. The highest BCUT2D eigenvalue weighted by molar-refractivity contribution is 7.18. The van der Waals surface area contributed by atoms with E-state index in [4.69, 9.17) is 0 Å². The molecule has 0 saturated heterocycles. The minimum Gasteiger partial charge on any atom is -0.365 e. The molecule has 0 amide bonds. The topological polar surface area (TPSA) is 50.7 Å². The maximum atomic E-state index is 4.32. The fourth-order valence-corrected chi connectivity index (χ4v) is 2.85. The summed E-state index contributed by atoms with van der Waals surface area (Å²) in [5.74, 6) is 0.892. The fourth-order valence-electron chi connectivity index (χ4n) is 1.88. The lowest BCUT2D eigenvalue weighted by atomic mass is 10.2. The highest BCUT2D eigenvalue weighted by Gasteiger charge is 2.07. The van der Waals surface area contributed by atoms with Crippen molar-refractivity contribution in [3.05, 3.63) is 46.9 Å². The molecule has 96 valence electrons. The Morgan fingerprint density at radius 2 is 2.05 bits per heavy atom. The molecular formula is C14H14N4S. The molecule has 3 rings (SSSR count). The van der Waals surface area contributed by atoms with E-state index in [2.05, 4.69) is 38.6 Å². The molecule has 0 bridgehead atoms. The van der Waals surface area contributed by atoms with Crippen LogP contribution in [0, 0.1) is 13.8 Å². The third kappa shape index (κ3) is 2.42. The minimum absolute atomic E-state index is 0.719. The number of rotatable bonds is 3. The van der Waals surface area contributed by atoms with Crippen LogP contribution in [0.2, 0.25) is 0 Å². The molecule has 19 heavy (non-hydrogen) atoms. The SMILES string of the molecule is Cc1ccc(CNc2ncnc3c(C)csc23)cn1. The summed E-state index contributed by atoms with van der Waals surface area (Å²) in [6.07, 6.45) is 3.50. The van der Waals surface area contributed by atoms with Gasteiger partial charge in [0.1, 0.15) is 12.1 Å². The van der Waals surface area contributed by atoms with Crippen molar-refractivity contribution in [2.24, 2.45) is 0 Å². The van der Waals surface area contributed by atoms with Crippen molar-refractivity contribution in [3.8, 4) is 0 Å². The zero-order chi connectivity index (χ0) is 13.2. The average Bonchev–Trinajstić information content (AvgIpc) is 2.81. The lowest BCUT2D eigenvalue weighted by Gasteiger charge is -2.06. The number of pyridine rings is 1. The zero-order valence-corrected chi connectivity index (χ0v) is 11.7. The van der Waals surface area contributed by atoms with Gasteiger partial charge in [-0.05, 0) is 36.4 Å². The van der Waals surface area contributed by atoms with Crippen LogP contribution in [0.15, 0.2) is 30.0 Å². The quantitative estimate of drug-likeness (QED) is 0.793. The van der Waals surface area contributed by atoms with E-state index in [1.807, 2.05) is 19.2 Å². The molecule has 3 aromatic heterocycles. The Labute approximate surface area is 115 Å². The van der Waals surface area contributed by atoms with Gasteiger partial charge in [-0.2, -0.15) is 0 Å². The summed E-state index contributed by atoms with van der Waals surface area (Å²) in [7, 11) is 0. The number of aryl methyl sites for hydroxylation is 2. The second-order valence-electron chi connectivity index (χ2n) is 4.48. The number of hydrogen-bond donors (Lipinski definition) is 1. The molecule has 1 N–H and O–H groups in total. The molecule has 0 spiro atoms. The largest absolute Gasteiger partial charge is 0.365 e. The van der Waals surface area contributed by atoms with Crippen molar-refractivity contribution in [2.75, 3.05) is 5.32 Å². The summed E-state index contributed by atoms with van der Waals surface area (Å²) in [4.78, 5) is 12.9. The summed E-state index contributed by atoms with van der Waals surface area (Å²) >= 11 is 1.68. The van der Waals surface area contributed by atoms with Gasteiger partial charge >= 0.3 is 0 Å². The number of thiophene rings is 1. The van der Waals surface area contributed by atoms with Crippen molar-refractivity contribution < 1.29 is 0 Å². The molecule has 0 aliphatic rings. The maximum absolute atomic E-state index is 4.32. The van der Waals surface area contributed by atoms with E-state index in [1.165, 1.54) is 5.56 Å². The second-order valence-corrected chi connectivity index (χ2v) is 5.36. The number of hydrogen-bond acceptors (Lipinski definition) is 5. The first-order valence-electron chi connectivity index (χ1n) is 6.08. The summed E-state index contributed by atoms with van der Waals surface area (Å²) in [6, 6.07) is 4.09. The van der Waals surface area contributed by atoms with Crippen LogP contribution in [0.25, 0.3) is 10.2 Å². The fraction of sp³-hybridized carbons (Fsp3) is 0.214. The summed E-state index contributed by atoms with van der Waals surface area (Å²) in [5.41, 5.74) is 4.40. The maximum Gasteiger partial charge on any atom is 0.147 e. The van der Waals surface area contributed by atoms with Crippen LogP contribution in [0.1, 0.15) is 16.8 Å². The molecule has 4 nitrogen and oxygen atoms in total. The molecule has 3 aromatic rings. The van der Waals surface area contributed by atoms with E-state index in [0.29, 0.717) is 0 Å². The van der Waals surface area contributed by atoms with Crippen LogP contribution >= 0.6 is 11.3 Å². The van der Waals surface area contributed by atoms with Crippen molar-refractivity contribution in [3.63, 3.8) is 0 Å². The molecule has 0 aliphatic heterocycles. The first-order chi connectivity index (χ1) is 9.24. The van der Waals surface area contributed by atoms with Crippen LogP contribution < -0.4 is 5.32 Å². The second kappa shape index (κ2) is 4.93. The zero-order valence-electron chi connectivity index (χ0n) is 10.8. The van der Waals surface area contributed by atoms with Crippen molar-refractivity contribution in [1.82, 2.24) is 15.0 Å². The van der Waals surface area contributed by atoms with E-state index in [-0.39, 0.29) is 0 Å². The minimum atomic E-state index is 0.719. The summed E-state index contributed by atoms with van der Waals surface area (Å²) in [6.45, 7) is 4.77. The monoisotopic (exact) mass is 270 g/mol. The molecule has 0 fully saturated rings. The van der Waals surface area contributed by atoms with Gasteiger partial charge in [0.05, 0.1) is 10.2 Å². The van der Waals surface area contributed by atoms with Crippen LogP contribution in [0.5, 0.6) is 0 Å². The van der Waals surface area contributed by atoms with E-state index >= 15 is 0 Å². The van der Waals surface area contributed by atoms with Crippen LogP contribution in [-0.2, 0) is 6.54 Å². The number of nitrogens with one attached hydrogen (secondary N) is 1.